The van der Waals surface area contributed by atoms with Crippen LogP contribution in [0, 0.1) is 0 Å². The molecule has 2 aromatic heterocycles. The van der Waals surface area contributed by atoms with Gasteiger partial charge in [0.25, 0.3) is 0 Å². The maximum Gasteiger partial charge on any atom is 0.387 e. The van der Waals surface area contributed by atoms with Gasteiger partial charge in [-0.05, 0) is 35.4 Å². The lowest BCUT2D eigenvalue weighted by Crippen LogP contribution is -2.03. The van der Waals surface area contributed by atoms with Crippen molar-refractivity contribution >= 4 is 0 Å². The Morgan fingerprint density at radius 2 is 2.08 bits per heavy atom. The van der Waals surface area contributed by atoms with E-state index < -0.39 is 6.61 Å². The van der Waals surface area contributed by atoms with Crippen LogP contribution in [0.2, 0.25) is 0 Å². The molecular weight excluding hydrogens is 344 g/mol. The van der Waals surface area contributed by atoms with E-state index in [1.54, 1.807) is 35.3 Å². The highest BCUT2D eigenvalue weighted by atomic mass is 19.3. The van der Waals surface area contributed by atoms with Crippen LogP contribution in [0.25, 0.3) is 11.1 Å². The van der Waals surface area contributed by atoms with Crippen LogP contribution < -0.4 is 9.47 Å². The Morgan fingerprint density at radius 3 is 2.77 bits per heavy atom. The van der Waals surface area contributed by atoms with Crippen molar-refractivity contribution in [2.24, 2.45) is 0 Å². The summed E-state index contributed by atoms with van der Waals surface area (Å²) in [5.74, 6) is 0.434. The van der Waals surface area contributed by atoms with Gasteiger partial charge >= 0.3 is 6.61 Å². The molecule has 0 unspecified atom stereocenters. The summed E-state index contributed by atoms with van der Waals surface area (Å²) in [6, 6.07) is 9.93. The van der Waals surface area contributed by atoms with Crippen LogP contribution in [0.4, 0.5) is 8.78 Å². The minimum absolute atomic E-state index is 0.0598. The van der Waals surface area contributed by atoms with Gasteiger partial charge in [-0.25, -0.2) is 4.98 Å². The van der Waals surface area contributed by atoms with Crippen LogP contribution in [0.1, 0.15) is 11.3 Å². The lowest BCUT2D eigenvalue weighted by molar-refractivity contribution is -0.0498. The Balaban J connectivity index is 1.92. The molecule has 3 aromatic rings. The first-order valence-corrected chi connectivity index (χ1v) is 7.80. The second kappa shape index (κ2) is 7.92. The zero-order chi connectivity index (χ0) is 18.5. The number of aromatic nitrogens is 3. The van der Waals surface area contributed by atoms with Gasteiger partial charge in [0.1, 0.15) is 5.75 Å². The number of hydrogen-bond acceptors (Lipinski definition) is 5. The van der Waals surface area contributed by atoms with Gasteiger partial charge in [0, 0.05) is 18.0 Å². The number of rotatable bonds is 7. The largest absolute Gasteiger partial charge is 0.481 e. The lowest BCUT2D eigenvalue weighted by atomic mass is 10.0. The summed E-state index contributed by atoms with van der Waals surface area (Å²) in [6.07, 6.45) is 3.41. The minimum atomic E-state index is -2.89. The second-order valence-corrected chi connectivity index (χ2v) is 5.47. The standard InChI is InChI=1S/C18H17F2N3O3/c1-25-17-16(13-3-2-4-15(8-13)26-18(19)20)7-12(9-21-17)10-23-6-5-14(11-24)22-23/h2-9,18,24H,10-11H2,1H3. The Kier molecular flexibility index (Phi) is 5.43. The zero-order valence-electron chi connectivity index (χ0n) is 14.0. The minimum Gasteiger partial charge on any atom is -0.481 e. The summed E-state index contributed by atoms with van der Waals surface area (Å²) < 4.78 is 36.3. The highest BCUT2D eigenvalue weighted by Crippen LogP contribution is 2.31. The summed E-state index contributed by atoms with van der Waals surface area (Å²) in [5, 5.41) is 13.3. The number of ether oxygens (including phenoxy) is 2. The van der Waals surface area contributed by atoms with E-state index in [4.69, 9.17) is 9.84 Å². The van der Waals surface area contributed by atoms with Crippen molar-refractivity contribution in [3.63, 3.8) is 0 Å². The molecule has 3 rings (SSSR count). The fourth-order valence-corrected chi connectivity index (χ4v) is 2.55. The van der Waals surface area contributed by atoms with Crippen LogP contribution in [-0.2, 0) is 13.2 Å². The molecule has 0 radical (unpaired) electrons. The molecule has 0 saturated carbocycles. The lowest BCUT2D eigenvalue weighted by Gasteiger charge is -2.12. The topological polar surface area (TPSA) is 69.4 Å². The van der Waals surface area contributed by atoms with Gasteiger partial charge < -0.3 is 14.6 Å². The summed E-state index contributed by atoms with van der Waals surface area (Å²) in [4.78, 5) is 4.29. The first kappa shape index (κ1) is 17.8. The predicted octanol–water partition coefficient (Wildman–Crippen LogP) is 3.10. The number of halogens is 2. The van der Waals surface area contributed by atoms with Gasteiger partial charge in [0.15, 0.2) is 0 Å². The Morgan fingerprint density at radius 1 is 1.23 bits per heavy atom. The number of hydrogen-bond donors (Lipinski definition) is 1. The van der Waals surface area contributed by atoms with Gasteiger partial charge in [-0.15, -0.1) is 0 Å². The highest BCUT2D eigenvalue weighted by Gasteiger charge is 2.12. The molecule has 0 atom stereocenters. The van der Waals surface area contributed by atoms with Crippen molar-refractivity contribution < 1.29 is 23.4 Å². The van der Waals surface area contributed by atoms with E-state index in [2.05, 4.69) is 14.8 Å². The summed E-state index contributed by atoms with van der Waals surface area (Å²) in [5.41, 5.74) is 2.71. The average Bonchev–Trinajstić information content (AvgIpc) is 3.09. The molecule has 0 amide bonds. The molecule has 0 aliphatic rings. The number of nitrogens with zero attached hydrogens (tertiary/aromatic N) is 3. The van der Waals surface area contributed by atoms with Crippen molar-refractivity contribution in [1.82, 2.24) is 14.8 Å². The van der Waals surface area contributed by atoms with Gasteiger partial charge in [0.05, 0.1) is 26.0 Å². The van der Waals surface area contributed by atoms with Crippen molar-refractivity contribution in [2.75, 3.05) is 7.11 Å². The zero-order valence-corrected chi connectivity index (χ0v) is 14.0. The molecule has 1 aromatic carbocycles. The summed E-state index contributed by atoms with van der Waals surface area (Å²) in [6.45, 7) is -2.58. The monoisotopic (exact) mass is 361 g/mol. The SMILES string of the molecule is COc1ncc(Cn2ccc(CO)n2)cc1-c1cccc(OC(F)F)c1. The van der Waals surface area contributed by atoms with Crippen LogP contribution in [-0.4, -0.2) is 33.6 Å². The number of methoxy groups -OCH3 is 1. The number of alkyl halides is 2. The molecule has 8 heteroatoms. The van der Waals surface area contributed by atoms with Gasteiger partial charge in [0.2, 0.25) is 5.88 Å². The molecule has 0 fully saturated rings. The average molecular weight is 361 g/mol. The Labute approximate surface area is 148 Å². The van der Waals surface area contributed by atoms with Crippen molar-refractivity contribution in [3.05, 3.63) is 60.0 Å². The molecule has 0 saturated heterocycles. The van der Waals surface area contributed by atoms with E-state index in [9.17, 15) is 8.78 Å². The second-order valence-electron chi connectivity index (χ2n) is 5.47. The molecule has 1 N–H and O–H groups in total. The van der Waals surface area contributed by atoms with Crippen LogP contribution in [0.15, 0.2) is 48.8 Å². The van der Waals surface area contributed by atoms with Crippen LogP contribution >= 0.6 is 0 Å². The molecular formula is C18H17F2N3O3. The Hall–Kier alpha value is -3.00. The predicted molar refractivity (Wildman–Crippen MR) is 90.1 cm³/mol. The van der Waals surface area contributed by atoms with E-state index in [1.165, 1.54) is 19.2 Å². The molecule has 0 spiro atoms. The molecule has 0 aliphatic heterocycles. The first-order valence-electron chi connectivity index (χ1n) is 7.80. The maximum absolute atomic E-state index is 12.5. The van der Waals surface area contributed by atoms with E-state index in [0.29, 0.717) is 29.2 Å². The van der Waals surface area contributed by atoms with E-state index in [-0.39, 0.29) is 12.4 Å². The fraction of sp³-hybridized carbons (Fsp3) is 0.222. The normalized spacial score (nSPS) is 11.0. The van der Waals surface area contributed by atoms with Crippen molar-refractivity contribution in [3.8, 4) is 22.8 Å². The summed E-state index contributed by atoms with van der Waals surface area (Å²) in [7, 11) is 1.49. The molecule has 0 aliphatic carbocycles. The van der Waals surface area contributed by atoms with Crippen LogP contribution in [0.5, 0.6) is 11.6 Å². The number of pyridine rings is 1. The Bertz CT molecular complexity index is 884. The quantitative estimate of drug-likeness (QED) is 0.700. The number of aliphatic hydroxyl groups excluding tert-OH is 1. The molecule has 136 valence electrons. The van der Waals surface area contributed by atoms with Gasteiger partial charge in [-0.3, -0.25) is 4.68 Å². The maximum atomic E-state index is 12.5. The third-order valence-corrected chi connectivity index (χ3v) is 3.67. The van der Waals surface area contributed by atoms with E-state index in [1.807, 2.05) is 6.07 Å². The van der Waals surface area contributed by atoms with E-state index >= 15 is 0 Å². The highest BCUT2D eigenvalue weighted by molar-refractivity contribution is 5.70. The van der Waals surface area contributed by atoms with Gasteiger partial charge in [-0.1, -0.05) is 12.1 Å². The fourth-order valence-electron chi connectivity index (χ4n) is 2.55. The van der Waals surface area contributed by atoms with Gasteiger partial charge in [-0.2, -0.15) is 13.9 Å². The molecule has 26 heavy (non-hydrogen) atoms. The third kappa shape index (κ3) is 4.15. The molecule has 6 nitrogen and oxygen atoms in total. The van der Waals surface area contributed by atoms with Crippen molar-refractivity contribution in [1.29, 1.82) is 0 Å². The van der Waals surface area contributed by atoms with E-state index in [0.717, 1.165) is 5.56 Å². The smallest absolute Gasteiger partial charge is 0.387 e. The van der Waals surface area contributed by atoms with Crippen LogP contribution in [0.3, 0.4) is 0 Å². The molecule has 0 bridgehead atoms. The summed E-state index contributed by atoms with van der Waals surface area (Å²) >= 11 is 0. The number of benzene rings is 1. The third-order valence-electron chi connectivity index (χ3n) is 3.67. The molecule has 2 heterocycles. The number of aliphatic hydroxyl groups is 1. The van der Waals surface area contributed by atoms with Crippen molar-refractivity contribution in [2.45, 2.75) is 19.8 Å². The first-order chi connectivity index (χ1) is 12.6.